The van der Waals surface area contributed by atoms with Gasteiger partial charge in [0.25, 0.3) is 5.69 Å². The molecule has 0 aromatic heterocycles. The fraction of sp³-hybridized carbons (Fsp3) is 0.222. The Morgan fingerprint density at radius 2 is 2.27 bits per heavy atom. The third-order valence-electron chi connectivity index (χ3n) is 1.83. The van der Waals surface area contributed by atoms with Crippen LogP contribution in [0.15, 0.2) is 18.2 Å². The number of hydrogen-bond donors (Lipinski definition) is 1. The normalized spacial score (nSPS) is 9.73. The van der Waals surface area contributed by atoms with Gasteiger partial charge >= 0.3 is 0 Å². The van der Waals surface area contributed by atoms with Gasteiger partial charge in [0.05, 0.1) is 4.92 Å². The van der Waals surface area contributed by atoms with Crippen LogP contribution in [0, 0.1) is 17.0 Å². The molecule has 0 saturated heterocycles. The molecule has 5 nitrogen and oxygen atoms in total. The molecule has 0 fully saturated rings. The molecule has 0 aliphatic rings. The van der Waals surface area contributed by atoms with Gasteiger partial charge < -0.3 is 5.32 Å². The van der Waals surface area contributed by atoms with E-state index in [1.807, 2.05) is 0 Å². The summed E-state index contributed by atoms with van der Waals surface area (Å²) < 4.78 is 0. The molecule has 1 amide bonds. The van der Waals surface area contributed by atoms with Gasteiger partial charge in [-0.1, -0.05) is 12.1 Å². The topological polar surface area (TPSA) is 72.2 Å². The summed E-state index contributed by atoms with van der Waals surface area (Å²) in [5.74, 6) is -0.694. The molecule has 80 valence electrons. The summed E-state index contributed by atoms with van der Waals surface area (Å²) in [6.07, 6.45) is 0. The molecule has 1 rings (SSSR count). The van der Waals surface area contributed by atoms with E-state index in [0.29, 0.717) is 5.56 Å². The number of carbonyl (C=O) groups is 1. The average Bonchev–Trinajstić information content (AvgIpc) is 2.20. The standard InChI is InChI=1S/C9H9ClN2O3/c1-6-3-2-4-7(12(14)15)9(6)11-8(13)5-10/h2-4H,5H2,1H3,(H,11,13). The highest BCUT2D eigenvalue weighted by Gasteiger charge is 2.16. The van der Waals surface area contributed by atoms with Crippen molar-refractivity contribution in [3.8, 4) is 0 Å². The maximum Gasteiger partial charge on any atom is 0.293 e. The number of rotatable bonds is 3. The summed E-state index contributed by atoms with van der Waals surface area (Å²) in [5, 5.41) is 13.1. The Morgan fingerprint density at radius 1 is 1.60 bits per heavy atom. The first-order chi connectivity index (χ1) is 7.06. The van der Waals surface area contributed by atoms with Crippen LogP contribution in [0.1, 0.15) is 5.56 Å². The molecule has 0 radical (unpaired) electrons. The van der Waals surface area contributed by atoms with E-state index in [4.69, 9.17) is 11.6 Å². The van der Waals surface area contributed by atoms with Crippen molar-refractivity contribution in [2.45, 2.75) is 6.92 Å². The van der Waals surface area contributed by atoms with Crippen LogP contribution in [0.4, 0.5) is 11.4 Å². The van der Waals surface area contributed by atoms with Gasteiger partial charge in [0.15, 0.2) is 0 Å². The predicted octanol–water partition coefficient (Wildman–Crippen LogP) is 2.08. The highest BCUT2D eigenvalue weighted by molar-refractivity contribution is 6.29. The zero-order chi connectivity index (χ0) is 11.4. The van der Waals surface area contributed by atoms with Crippen LogP contribution in [0.3, 0.4) is 0 Å². The average molecular weight is 229 g/mol. The molecule has 0 aliphatic heterocycles. The van der Waals surface area contributed by atoms with Gasteiger partial charge in [-0.15, -0.1) is 11.6 Å². The van der Waals surface area contributed by atoms with Crippen molar-refractivity contribution in [2.75, 3.05) is 11.2 Å². The van der Waals surface area contributed by atoms with Gasteiger partial charge in [0.2, 0.25) is 5.91 Å². The largest absolute Gasteiger partial charge is 0.319 e. The zero-order valence-corrected chi connectivity index (χ0v) is 8.75. The highest BCUT2D eigenvalue weighted by Crippen LogP contribution is 2.27. The number of anilines is 1. The molecule has 1 aromatic carbocycles. The van der Waals surface area contributed by atoms with Crippen molar-refractivity contribution in [2.24, 2.45) is 0 Å². The molecule has 0 aliphatic carbocycles. The maximum absolute atomic E-state index is 11.0. The van der Waals surface area contributed by atoms with Crippen LogP contribution >= 0.6 is 11.6 Å². The molecule has 0 heterocycles. The number of aryl methyl sites for hydroxylation is 1. The highest BCUT2D eigenvalue weighted by atomic mass is 35.5. The minimum absolute atomic E-state index is 0.131. The van der Waals surface area contributed by atoms with Crippen molar-refractivity contribution < 1.29 is 9.72 Å². The Balaban J connectivity index is 3.13. The zero-order valence-electron chi connectivity index (χ0n) is 7.99. The number of nitrogens with one attached hydrogen (secondary N) is 1. The van der Waals surface area contributed by atoms with Crippen molar-refractivity contribution in [3.05, 3.63) is 33.9 Å². The Hall–Kier alpha value is -1.62. The maximum atomic E-state index is 11.0. The number of nitro groups is 1. The summed E-state index contributed by atoms with van der Waals surface area (Å²) in [6, 6.07) is 4.57. The van der Waals surface area contributed by atoms with Crippen LogP contribution < -0.4 is 5.32 Å². The summed E-state index contributed by atoms with van der Waals surface area (Å²) >= 11 is 5.30. The fourth-order valence-electron chi connectivity index (χ4n) is 1.14. The van der Waals surface area contributed by atoms with Gasteiger partial charge in [0, 0.05) is 6.07 Å². The van der Waals surface area contributed by atoms with Crippen LogP contribution in [0.25, 0.3) is 0 Å². The number of para-hydroxylation sites is 1. The second-order valence-corrected chi connectivity index (χ2v) is 3.18. The molecule has 0 saturated carbocycles. The van der Waals surface area contributed by atoms with E-state index in [9.17, 15) is 14.9 Å². The van der Waals surface area contributed by atoms with E-state index in [2.05, 4.69) is 5.32 Å². The number of nitrogens with zero attached hydrogens (tertiary/aromatic N) is 1. The van der Waals surface area contributed by atoms with Crippen LogP contribution in [-0.4, -0.2) is 16.7 Å². The second kappa shape index (κ2) is 4.75. The van der Waals surface area contributed by atoms with Crippen molar-refractivity contribution in [3.63, 3.8) is 0 Å². The predicted molar refractivity (Wildman–Crippen MR) is 57.2 cm³/mol. The van der Waals surface area contributed by atoms with E-state index in [1.165, 1.54) is 6.07 Å². The first kappa shape index (κ1) is 11.5. The molecule has 6 heteroatoms. The van der Waals surface area contributed by atoms with Gasteiger partial charge in [-0.25, -0.2) is 0 Å². The van der Waals surface area contributed by atoms with E-state index in [0.717, 1.165) is 0 Å². The van der Waals surface area contributed by atoms with Crippen molar-refractivity contribution in [1.29, 1.82) is 0 Å². The number of hydrogen-bond acceptors (Lipinski definition) is 3. The molecule has 1 aromatic rings. The number of halogens is 1. The quantitative estimate of drug-likeness (QED) is 0.489. The summed E-state index contributed by atoms with van der Waals surface area (Å²) in [4.78, 5) is 21.2. The fourth-order valence-corrected chi connectivity index (χ4v) is 1.21. The molecule has 0 spiro atoms. The lowest BCUT2D eigenvalue weighted by atomic mass is 10.1. The lowest BCUT2D eigenvalue weighted by molar-refractivity contribution is -0.384. The molecule has 1 N–H and O–H groups in total. The minimum atomic E-state index is -0.545. The van der Waals surface area contributed by atoms with E-state index >= 15 is 0 Å². The van der Waals surface area contributed by atoms with E-state index in [-0.39, 0.29) is 17.3 Å². The number of alkyl halides is 1. The number of carbonyl (C=O) groups excluding carboxylic acids is 1. The molecule has 0 unspecified atom stereocenters. The van der Waals surface area contributed by atoms with Gasteiger partial charge in [0.1, 0.15) is 11.6 Å². The third kappa shape index (κ3) is 2.66. The third-order valence-corrected chi connectivity index (χ3v) is 2.08. The minimum Gasteiger partial charge on any atom is -0.319 e. The van der Waals surface area contributed by atoms with E-state index < -0.39 is 10.8 Å². The molecule has 0 bridgehead atoms. The van der Waals surface area contributed by atoms with Crippen molar-refractivity contribution >= 4 is 28.9 Å². The summed E-state index contributed by atoms with van der Waals surface area (Å²) in [6.45, 7) is 1.68. The van der Waals surface area contributed by atoms with Gasteiger partial charge in [-0.05, 0) is 12.5 Å². The van der Waals surface area contributed by atoms with Gasteiger partial charge in [-0.2, -0.15) is 0 Å². The Bertz CT molecular complexity index is 406. The summed E-state index contributed by atoms with van der Waals surface area (Å²) in [5.41, 5.74) is 0.698. The molecular weight excluding hydrogens is 220 g/mol. The lowest BCUT2D eigenvalue weighted by Gasteiger charge is -2.06. The van der Waals surface area contributed by atoms with Crippen LogP contribution in [0.2, 0.25) is 0 Å². The molecule has 15 heavy (non-hydrogen) atoms. The van der Waals surface area contributed by atoms with Crippen LogP contribution in [0.5, 0.6) is 0 Å². The van der Waals surface area contributed by atoms with Crippen LogP contribution in [-0.2, 0) is 4.79 Å². The lowest BCUT2D eigenvalue weighted by Crippen LogP contribution is -2.14. The first-order valence-corrected chi connectivity index (χ1v) is 4.69. The number of amides is 1. The Morgan fingerprint density at radius 3 is 2.80 bits per heavy atom. The smallest absolute Gasteiger partial charge is 0.293 e. The van der Waals surface area contributed by atoms with Crippen molar-refractivity contribution in [1.82, 2.24) is 0 Å². The van der Waals surface area contributed by atoms with E-state index in [1.54, 1.807) is 19.1 Å². The Kier molecular flexibility index (Phi) is 3.62. The summed E-state index contributed by atoms with van der Waals surface area (Å²) in [7, 11) is 0. The monoisotopic (exact) mass is 228 g/mol. The second-order valence-electron chi connectivity index (χ2n) is 2.91. The molecule has 0 atom stereocenters. The molecular formula is C9H9ClN2O3. The number of nitro benzene ring substituents is 1. The Labute approximate surface area is 91.2 Å². The number of benzene rings is 1. The van der Waals surface area contributed by atoms with Gasteiger partial charge in [-0.3, -0.25) is 14.9 Å². The first-order valence-electron chi connectivity index (χ1n) is 4.16. The SMILES string of the molecule is Cc1cccc([N+](=O)[O-])c1NC(=O)CCl.